The summed E-state index contributed by atoms with van der Waals surface area (Å²) in [5.41, 5.74) is 0.726. The molecule has 1 rings (SSSR count). The van der Waals surface area contributed by atoms with E-state index in [0.717, 1.165) is 10.5 Å². The first kappa shape index (κ1) is 10.6. The Morgan fingerprint density at radius 1 is 1.38 bits per heavy atom. The molecule has 0 bridgehead atoms. The minimum Gasteiger partial charge on any atom is -0.423 e. The van der Waals surface area contributed by atoms with Gasteiger partial charge in [-0.25, -0.2) is 4.39 Å². The maximum Gasteiger partial charge on any atom is 0.491 e. The van der Waals surface area contributed by atoms with E-state index in [2.05, 4.69) is 0 Å². The van der Waals surface area contributed by atoms with E-state index in [-0.39, 0.29) is 5.46 Å². The Kier molecular flexibility index (Phi) is 3.36. The number of rotatable bonds is 2. The Labute approximate surface area is 80.9 Å². The van der Waals surface area contributed by atoms with Gasteiger partial charge < -0.3 is 10.0 Å². The maximum atomic E-state index is 13.1. The van der Waals surface area contributed by atoms with Gasteiger partial charge >= 0.3 is 7.12 Å². The molecule has 0 radical (unpaired) electrons. The zero-order valence-corrected chi connectivity index (χ0v) is 8.23. The predicted molar refractivity (Wildman–Crippen MR) is 52.7 cm³/mol. The minimum absolute atomic E-state index is 0.0741. The largest absolute Gasteiger partial charge is 0.491 e. The second-order valence-electron chi connectivity index (χ2n) is 2.72. The summed E-state index contributed by atoms with van der Waals surface area (Å²) in [7, 11) is -1.74. The van der Waals surface area contributed by atoms with Gasteiger partial charge in [-0.2, -0.15) is 0 Å². The summed E-state index contributed by atoms with van der Waals surface area (Å²) >= 11 is 1.45. The SMILES string of the molecule is CSc1cc(B(O)O)c(F)cc1C. The number of hydrogen-bond acceptors (Lipinski definition) is 3. The molecule has 0 saturated heterocycles. The molecular weight excluding hydrogens is 190 g/mol. The molecule has 0 heterocycles. The maximum absolute atomic E-state index is 13.1. The highest BCUT2D eigenvalue weighted by Gasteiger charge is 2.17. The van der Waals surface area contributed by atoms with Crippen LogP contribution in [0.25, 0.3) is 0 Å². The Morgan fingerprint density at radius 2 is 2.00 bits per heavy atom. The van der Waals surface area contributed by atoms with Gasteiger partial charge in [0.05, 0.1) is 0 Å². The van der Waals surface area contributed by atoms with Gasteiger partial charge in [-0.3, -0.25) is 0 Å². The lowest BCUT2D eigenvalue weighted by Crippen LogP contribution is -2.33. The Bertz CT molecular complexity index is 317. The topological polar surface area (TPSA) is 40.5 Å². The van der Waals surface area contributed by atoms with Crippen molar-refractivity contribution in [1.82, 2.24) is 0 Å². The van der Waals surface area contributed by atoms with E-state index in [0.29, 0.717) is 0 Å². The van der Waals surface area contributed by atoms with Crippen LogP contribution in [0.3, 0.4) is 0 Å². The summed E-state index contributed by atoms with van der Waals surface area (Å²) in [4.78, 5) is 0.851. The third-order valence-corrected chi connectivity index (χ3v) is 2.67. The second kappa shape index (κ2) is 4.13. The number of aryl methyl sites for hydroxylation is 1. The van der Waals surface area contributed by atoms with E-state index in [1.165, 1.54) is 23.9 Å². The normalized spacial score (nSPS) is 10.2. The summed E-state index contributed by atoms with van der Waals surface area (Å²) in [5, 5.41) is 17.6. The fourth-order valence-corrected chi connectivity index (χ4v) is 1.71. The number of benzene rings is 1. The molecule has 70 valence electrons. The summed E-state index contributed by atoms with van der Waals surface area (Å²) in [5.74, 6) is -0.578. The van der Waals surface area contributed by atoms with E-state index in [1.54, 1.807) is 6.92 Å². The standard InChI is InChI=1S/C8H10BFO2S/c1-5-3-7(10)6(9(11)12)4-8(5)13-2/h3-4,11-12H,1-2H3. The molecule has 0 saturated carbocycles. The van der Waals surface area contributed by atoms with Crippen LogP contribution in [0, 0.1) is 12.7 Å². The average Bonchev–Trinajstić information content (AvgIpc) is 2.03. The lowest BCUT2D eigenvalue weighted by atomic mass is 9.79. The van der Waals surface area contributed by atoms with E-state index < -0.39 is 12.9 Å². The van der Waals surface area contributed by atoms with Crippen LogP contribution in [0.4, 0.5) is 4.39 Å². The Hall–Kier alpha value is -0.515. The van der Waals surface area contributed by atoms with Crippen molar-refractivity contribution in [2.75, 3.05) is 6.26 Å². The van der Waals surface area contributed by atoms with Gasteiger partial charge in [0.2, 0.25) is 0 Å². The van der Waals surface area contributed by atoms with Crippen LogP contribution < -0.4 is 5.46 Å². The minimum atomic E-state index is -1.74. The van der Waals surface area contributed by atoms with Crippen molar-refractivity contribution >= 4 is 24.3 Å². The first-order valence-electron chi connectivity index (χ1n) is 3.76. The smallest absolute Gasteiger partial charge is 0.423 e. The van der Waals surface area contributed by atoms with Crippen molar-refractivity contribution < 1.29 is 14.4 Å². The molecule has 0 aromatic heterocycles. The van der Waals surface area contributed by atoms with Crippen LogP contribution in [0.2, 0.25) is 0 Å². The van der Waals surface area contributed by atoms with Gasteiger partial charge in [0.1, 0.15) is 5.82 Å². The fraction of sp³-hybridized carbons (Fsp3) is 0.250. The zero-order valence-electron chi connectivity index (χ0n) is 7.41. The number of halogens is 1. The van der Waals surface area contributed by atoms with Crippen LogP contribution in [0.5, 0.6) is 0 Å². The second-order valence-corrected chi connectivity index (χ2v) is 3.57. The van der Waals surface area contributed by atoms with Gasteiger partial charge in [-0.1, -0.05) is 0 Å². The van der Waals surface area contributed by atoms with Gasteiger partial charge in [0, 0.05) is 10.4 Å². The van der Waals surface area contributed by atoms with E-state index >= 15 is 0 Å². The lowest BCUT2D eigenvalue weighted by molar-refractivity contribution is 0.423. The number of hydrogen-bond donors (Lipinski definition) is 2. The zero-order chi connectivity index (χ0) is 10.0. The van der Waals surface area contributed by atoms with Crippen LogP contribution in [0.1, 0.15) is 5.56 Å². The molecule has 2 N–H and O–H groups in total. The molecule has 0 fully saturated rings. The molecule has 0 aliphatic carbocycles. The molecule has 1 aromatic rings. The summed E-state index contributed by atoms with van der Waals surface area (Å²) < 4.78 is 13.1. The van der Waals surface area contributed by atoms with Crippen LogP contribution >= 0.6 is 11.8 Å². The predicted octanol–water partition coefficient (Wildman–Crippen LogP) is 0.536. The molecular formula is C8H10BFO2S. The van der Waals surface area contributed by atoms with E-state index in [1.807, 2.05) is 6.26 Å². The summed E-state index contributed by atoms with van der Waals surface area (Å²) in [6.45, 7) is 1.78. The van der Waals surface area contributed by atoms with Crippen molar-refractivity contribution in [3.05, 3.63) is 23.5 Å². The van der Waals surface area contributed by atoms with Gasteiger partial charge in [-0.15, -0.1) is 11.8 Å². The fourth-order valence-electron chi connectivity index (χ4n) is 1.09. The molecule has 0 amide bonds. The quantitative estimate of drug-likeness (QED) is 0.540. The van der Waals surface area contributed by atoms with Crippen molar-refractivity contribution in [3.8, 4) is 0 Å². The molecule has 0 unspecified atom stereocenters. The highest BCUT2D eigenvalue weighted by molar-refractivity contribution is 7.98. The highest BCUT2D eigenvalue weighted by Crippen LogP contribution is 2.19. The number of thioether (sulfide) groups is 1. The van der Waals surface area contributed by atoms with E-state index in [4.69, 9.17) is 10.0 Å². The van der Waals surface area contributed by atoms with Crippen molar-refractivity contribution in [3.63, 3.8) is 0 Å². The molecule has 1 aromatic carbocycles. The van der Waals surface area contributed by atoms with Crippen LogP contribution in [-0.2, 0) is 0 Å². The highest BCUT2D eigenvalue weighted by atomic mass is 32.2. The first-order valence-corrected chi connectivity index (χ1v) is 4.99. The molecule has 0 aliphatic heterocycles. The molecule has 0 aliphatic rings. The third kappa shape index (κ3) is 2.24. The first-order chi connectivity index (χ1) is 6.06. The molecule has 5 heteroatoms. The molecule has 0 spiro atoms. The van der Waals surface area contributed by atoms with Crippen LogP contribution in [0.15, 0.2) is 17.0 Å². The Balaban J connectivity index is 3.22. The Morgan fingerprint density at radius 3 is 2.46 bits per heavy atom. The molecule has 13 heavy (non-hydrogen) atoms. The van der Waals surface area contributed by atoms with Crippen molar-refractivity contribution in [1.29, 1.82) is 0 Å². The van der Waals surface area contributed by atoms with Crippen molar-refractivity contribution in [2.45, 2.75) is 11.8 Å². The lowest BCUT2D eigenvalue weighted by Gasteiger charge is -2.07. The summed E-state index contributed by atoms with van der Waals surface area (Å²) in [6.07, 6.45) is 1.85. The summed E-state index contributed by atoms with van der Waals surface area (Å²) in [6, 6.07) is 2.76. The van der Waals surface area contributed by atoms with Crippen molar-refractivity contribution in [2.24, 2.45) is 0 Å². The third-order valence-electron chi connectivity index (χ3n) is 1.79. The van der Waals surface area contributed by atoms with Gasteiger partial charge in [0.25, 0.3) is 0 Å². The van der Waals surface area contributed by atoms with E-state index in [9.17, 15) is 4.39 Å². The molecule has 0 atom stereocenters. The van der Waals surface area contributed by atoms with Crippen LogP contribution in [-0.4, -0.2) is 23.4 Å². The van der Waals surface area contributed by atoms with Gasteiger partial charge in [-0.05, 0) is 30.9 Å². The average molecular weight is 200 g/mol. The molecule has 2 nitrogen and oxygen atoms in total. The van der Waals surface area contributed by atoms with Gasteiger partial charge in [0.15, 0.2) is 0 Å². The monoisotopic (exact) mass is 200 g/mol.